The van der Waals surface area contributed by atoms with Crippen LogP contribution in [0.4, 0.5) is 0 Å². The Hall–Kier alpha value is 0.660. The number of ether oxygens (including phenoxy) is 1. The van der Waals surface area contributed by atoms with Gasteiger partial charge in [0.15, 0.2) is 4.27 Å². The van der Waals surface area contributed by atoms with E-state index < -0.39 is 4.27 Å². The van der Waals surface area contributed by atoms with Gasteiger partial charge in [0.1, 0.15) is 0 Å². The van der Waals surface area contributed by atoms with Crippen LogP contribution in [0.5, 0.6) is 0 Å². The van der Waals surface area contributed by atoms with E-state index in [0.29, 0.717) is 0 Å². The largest absolute Gasteiger partial charge is 0.355 e. The van der Waals surface area contributed by atoms with Gasteiger partial charge in [0.05, 0.1) is 0 Å². The van der Waals surface area contributed by atoms with Crippen LogP contribution in [-0.2, 0) is 4.74 Å². The van der Waals surface area contributed by atoms with Crippen LogP contribution < -0.4 is 0 Å². The van der Waals surface area contributed by atoms with Crippen molar-refractivity contribution in [2.75, 3.05) is 6.61 Å². The summed E-state index contributed by atoms with van der Waals surface area (Å²) in [6.07, 6.45) is 3.30. The second-order valence-electron chi connectivity index (χ2n) is 2.05. The third-order valence-corrected chi connectivity index (χ3v) is 1.94. The molecule has 1 saturated heterocycles. The van der Waals surface area contributed by atoms with Crippen LogP contribution in [0, 0.1) is 0 Å². The highest BCUT2D eigenvalue weighted by Crippen LogP contribution is 2.31. The average molecular weight is 150 g/mol. The van der Waals surface area contributed by atoms with Crippen molar-refractivity contribution in [2.45, 2.75) is 23.5 Å². The van der Waals surface area contributed by atoms with Gasteiger partial charge in [0.2, 0.25) is 0 Å². The Morgan fingerprint density at radius 2 is 2.00 bits per heavy atom. The molecule has 1 heterocycles. The lowest BCUT2D eigenvalue weighted by Gasteiger charge is -2.27. The first-order valence-electron chi connectivity index (χ1n) is 2.79. The first-order chi connectivity index (χ1) is 3.71. The van der Waals surface area contributed by atoms with Crippen molar-refractivity contribution < 1.29 is 4.74 Å². The van der Waals surface area contributed by atoms with Crippen LogP contribution in [0.2, 0.25) is 0 Å². The monoisotopic (exact) mass is 150 g/mol. The molecule has 8 heavy (non-hydrogen) atoms. The normalized spacial score (nSPS) is 27.8. The molecule has 0 N–H and O–H groups in total. The molecule has 1 aliphatic rings. The summed E-state index contributed by atoms with van der Waals surface area (Å²) in [7, 11) is 0. The van der Waals surface area contributed by atoms with Crippen LogP contribution in [0.3, 0.4) is 0 Å². The second kappa shape index (κ2) is 2.50. The van der Waals surface area contributed by atoms with Gasteiger partial charge in [-0.1, -0.05) is 0 Å². The Bertz CT molecular complexity index is 74.5. The van der Waals surface area contributed by atoms with E-state index in [1.165, 1.54) is 6.42 Å². The molecular weight excluding hydrogens is 140 g/mol. The van der Waals surface area contributed by atoms with Gasteiger partial charge in [-0.3, -0.25) is 0 Å². The van der Waals surface area contributed by atoms with Gasteiger partial charge in [-0.2, -0.15) is 0 Å². The molecular formula is C5H10OS2. The number of hydrogen-bond acceptors (Lipinski definition) is 3. The van der Waals surface area contributed by atoms with Gasteiger partial charge in [0, 0.05) is 6.61 Å². The van der Waals surface area contributed by atoms with Crippen LogP contribution in [-0.4, -0.2) is 10.9 Å². The van der Waals surface area contributed by atoms with Gasteiger partial charge in [-0.05, 0) is 19.3 Å². The summed E-state index contributed by atoms with van der Waals surface area (Å²) in [5.74, 6) is 0. The first kappa shape index (κ1) is 6.78. The summed E-state index contributed by atoms with van der Waals surface area (Å²) in [4.78, 5) is 0. The van der Waals surface area contributed by atoms with Crippen LogP contribution in [0.25, 0.3) is 0 Å². The molecule has 0 aromatic heterocycles. The van der Waals surface area contributed by atoms with Crippen LogP contribution in [0.1, 0.15) is 19.3 Å². The topological polar surface area (TPSA) is 9.23 Å². The zero-order valence-electron chi connectivity index (χ0n) is 4.63. The van der Waals surface area contributed by atoms with Crippen molar-refractivity contribution in [3.05, 3.63) is 0 Å². The van der Waals surface area contributed by atoms with Crippen molar-refractivity contribution in [2.24, 2.45) is 0 Å². The van der Waals surface area contributed by atoms with Crippen molar-refractivity contribution in [1.82, 2.24) is 0 Å². The molecule has 0 amide bonds. The molecule has 0 bridgehead atoms. The quantitative estimate of drug-likeness (QED) is 0.395. The minimum absolute atomic E-state index is 0.432. The molecule has 3 heteroatoms. The van der Waals surface area contributed by atoms with E-state index in [0.717, 1.165) is 19.4 Å². The molecule has 0 unspecified atom stereocenters. The smallest absolute Gasteiger partial charge is 0.154 e. The summed E-state index contributed by atoms with van der Waals surface area (Å²) >= 11 is 8.32. The van der Waals surface area contributed by atoms with E-state index in [4.69, 9.17) is 4.74 Å². The summed E-state index contributed by atoms with van der Waals surface area (Å²) in [6.45, 7) is 0.812. The summed E-state index contributed by atoms with van der Waals surface area (Å²) < 4.78 is 4.76. The van der Waals surface area contributed by atoms with Crippen LogP contribution in [0.15, 0.2) is 0 Å². The van der Waals surface area contributed by atoms with E-state index in [1.807, 2.05) is 0 Å². The minimum Gasteiger partial charge on any atom is -0.355 e. The van der Waals surface area contributed by atoms with E-state index in [-0.39, 0.29) is 0 Å². The molecule has 0 aromatic rings. The molecule has 1 nitrogen and oxygen atoms in total. The Morgan fingerprint density at radius 3 is 2.25 bits per heavy atom. The zero-order chi connectivity index (χ0) is 6.04. The lowest BCUT2D eigenvalue weighted by Crippen LogP contribution is -2.23. The molecule has 48 valence electrons. The average Bonchev–Trinajstić information content (AvgIpc) is 1.65. The third-order valence-electron chi connectivity index (χ3n) is 1.23. The van der Waals surface area contributed by atoms with Crippen LogP contribution >= 0.6 is 25.3 Å². The number of rotatable bonds is 0. The third kappa shape index (κ3) is 1.88. The maximum atomic E-state index is 5.19. The molecule has 0 atom stereocenters. The molecule has 0 radical (unpaired) electrons. The summed E-state index contributed by atoms with van der Waals surface area (Å²) in [6, 6.07) is 0. The second-order valence-corrected chi connectivity index (χ2v) is 3.85. The molecule has 0 aliphatic carbocycles. The van der Waals surface area contributed by atoms with Crippen molar-refractivity contribution in [3.8, 4) is 0 Å². The van der Waals surface area contributed by atoms with Gasteiger partial charge in [-0.25, -0.2) is 0 Å². The van der Waals surface area contributed by atoms with E-state index in [1.54, 1.807) is 0 Å². The fraction of sp³-hybridized carbons (Fsp3) is 1.00. The molecule has 0 saturated carbocycles. The highest BCUT2D eigenvalue weighted by molar-refractivity contribution is 8.00. The highest BCUT2D eigenvalue weighted by Gasteiger charge is 2.23. The molecule has 1 aliphatic heterocycles. The predicted molar refractivity (Wildman–Crippen MR) is 40.5 cm³/mol. The molecule has 1 rings (SSSR count). The maximum Gasteiger partial charge on any atom is 0.154 e. The van der Waals surface area contributed by atoms with Crippen molar-refractivity contribution in [3.63, 3.8) is 0 Å². The summed E-state index contributed by atoms with van der Waals surface area (Å²) in [5, 5.41) is 0. The molecule has 0 spiro atoms. The standard InChI is InChI=1S/C5H10OS2/c7-5(8)3-1-2-4-6-5/h7-8H,1-4H2. The predicted octanol–water partition coefficient (Wildman–Crippen LogP) is 1.70. The number of hydrogen-bond donors (Lipinski definition) is 2. The number of thiol groups is 2. The highest BCUT2D eigenvalue weighted by atomic mass is 32.2. The lowest BCUT2D eigenvalue weighted by molar-refractivity contribution is 0.0529. The fourth-order valence-electron chi connectivity index (χ4n) is 0.765. The van der Waals surface area contributed by atoms with Crippen molar-refractivity contribution in [1.29, 1.82) is 0 Å². The van der Waals surface area contributed by atoms with Gasteiger partial charge >= 0.3 is 0 Å². The van der Waals surface area contributed by atoms with E-state index >= 15 is 0 Å². The molecule has 1 fully saturated rings. The summed E-state index contributed by atoms with van der Waals surface area (Å²) in [5.41, 5.74) is 0. The fourth-order valence-corrected chi connectivity index (χ4v) is 1.26. The van der Waals surface area contributed by atoms with Gasteiger partial charge in [0.25, 0.3) is 0 Å². The van der Waals surface area contributed by atoms with Crippen molar-refractivity contribution >= 4 is 25.3 Å². The van der Waals surface area contributed by atoms with Gasteiger partial charge < -0.3 is 4.74 Å². The minimum atomic E-state index is -0.432. The first-order valence-corrected chi connectivity index (χ1v) is 3.69. The zero-order valence-corrected chi connectivity index (χ0v) is 6.42. The maximum absolute atomic E-state index is 5.19. The van der Waals surface area contributed by atoms with E-state index in [2.05, 4.69) is 25.3 Å². The SMILES string of the molecule is SC1(S)CCCCO1. The Balaban J connectivity index is 2.33. The lowest BCUT2D eigenvalue weighted by atomic mass is 10.2. The Morgan fingerprint density at radius 1 is 1.25 bits per heavy atom. The molecule has 0 aromatic carbocycles. The Labute approximate surface area is 60.6 Å². The Kier molecular flexibility index (Phi) is 2.12. The van der Waals surface area contributed by atoms with E-state index in [9.17, 15) is 0 Å². The van der Waals surface area contributed by atoms with Gasteiger partial charge in [-0.15, -0.1) is 25.3 Å².